The summed E-state index contributed by atoms with van der Waals surface area (Å²) in [5, 5.41) is 10.8. The number of hydrogen-bond acceptors (Lipinski definition) is 7. The number of sulfonamides is 1. The Morgan fingerprint density at radius 1 is 1.10 bits per heavy atom. The molecule has 158 valence electrons. The third-order valence-corrected chi connectivity index (χ3v) is 6.57. The van der Waals surface area contributed by atoms with Gasteiger partial charge in [0.05, 0.1) is 30.1 Å². The Balaban J connectivity index is 1.96. The number of carbonyl (C=O) groups excluding carboxylic acids is 1. The van der Waals surface area contributed by atoms with Crippen LogP contribution in [0, 0.1) is 10.1 Å². The number of rotatable bonds is 7. The Labute approximate surface area is 173 Å². The van der Waals surface area contributed by atoms with Gasteiger partial charge >= 0.3 is 0 Å². The maximum Gasteiger partial charge on any atom is 0.269 e. The second kappa shape index (κ2) is 8.54. The molecule has 1 heterocycles. The first-order valence-corrected chi connectivity index (χ1v) is 10.4. The molecule has 10 heteroatoms. The second-order valence-electron chi connectivity index (χ2n) is 6.61. The van der Waals surface area contributed by atoms with Crippen molar-refractivity contribution in [2.75, 3.05) is 14.2 Å². The van der Waals surface area contributed by atoms with E-state index in [1.54, 1.807) is 24.3 Å². The van der Waals surface area contributed by atoms with Gasteiger partial charge in [0, 0.05) is 24.3 Å². The van der Waals surface area contributed by atoms with Gasteiger partial charge in [-0.1, -0.05) is 6.08 Å². The van der Waals surface area contributed by atoms with Crippen LogP contribution in [-0.2, 0) is 21.2 Å². The van der Waals surface area contributed by atoms with E-state index in [4.69, 9.17) is 9.47 Å². The third kappa shape index (κ3) is 4.28. The number of nitro groups is 1. The SMILES string of the molecule is COc1cc(CC2CC=CC(=O)N2S(=O)(=O)c2ccc([N+](=O)[O-])cc2)cc(OC)c1. The fourth-order valence-electron chi connectivity index (χ4n) is 3.27. The average molecular weight is 432 g/mol. The van der Waals surface area contributed by atoms with Crippen LogP contribution in [0.4, 0.5) is 5.69 Å². The Bertz CT molecular complexity index is 1070. The molecule has 0 N–H and O–H groups in total. The van der Waals surface area contributed by atoms with Crippen molar-refractivity contribution in [1.82, 2.24) is 4.31 Å². The molecule has 3 rings (SSSR count). The molecule has 0 spiro atoms. The second-order valence-corrected chi connectivity index (χ2v) is 8.42. The van der Waals surface area contributed by atoms with Gasteiger partial charge in [-0.15, -0.1) is 0 Å². The van der Waals surface area contributed by atoms with E-state index < -0.39 is 26.9 Å². The van der Waals surface area contributed by atoms with Gasteiger partial charge in [-0.05, 0) is 42.7 Å². The van der Waals surface area contributed by atoms with Gasteiger partial charge in [0.2, 0.25) is 0 Å². The first-order chi connectivity index (χ1) is 14.3. The van der Waals surface area contributed by atoms with E-state index in [0.29, 0.717) is 17.9 Å². The van der Waals surface area contributed by atoms with Gasteiger partial charge in [0.1, 0.15) is 11.5 Å². The zero-order valence-electron chi connectivity index (χ0n) is 16.3. The molecule has 0 saturated heterocycles. The lowest BCUT2D eigenvalue weighted by Gasteiger charge is -2.32. The van der Waals surface area contributed by atoms with Gasteiger partial charge in [-0.2, -0.15) is 0 Å². The minimum Gasteiger partial charge on any atom is -0.497 e. The molecule has 0 saturated carbocycles. The first-order valence-electron chi connectivity index (χ1n) is 8.97. The maximum atomic E-state index is 13.2. The number of benzene rings is 2. The summed E-state index contributed by atoms with van der Waals surface area (Å²) in [6.07, 6.45) is 3.42. The highest BCUT2D eigenvalue weighted by Gasteiger charge is 2.36. The van der Waals surface area contributed by atoms with Crippen LogP contribution in [0.25, 0.3) is 0 Å². The summed E-state index contributed by atoms with van der Waals surface area (Å²) in [5.41, 5.74) is 0.502. The zero-order valence-corrected chi connectivity index (χ0v) is 17.2. The largest absolute Gasteiger partial charge is 0.497 e. The van der Waals surface area contributed by atoms with Gasteiger partial charge < -0.3 is 9.47 Å². The molecule has 1 aliphatic rings. The van der Waals surface area contributed by atoms with Crippen LogP contribution >= 0.6 is 0 Å². The lowest BCUT2D eigenvalue weighted by Crippen LogP contribution is -2.46. The van der Waals surface area contributed by atoms with Crippen molar-refractivity contribution in [3.8, 4) is 11.5 Å². The summed E-state index contributed by atoms with van der Waals surface area (Å²) in [5.74, 6) is 0.429. The van der Waals surface area contributed by atoms with Crippen LogP contribution in [0.2, 0.25) is 0 Å². The summed E-state index contributed by atoms with van der Waals surface area (Å²) in [7, 11) is -1.19. The average Bonchev–Trinajstić information content (AvgIpc) is 2.73. The van der Waals surface area contributed by atoms with Crippen molar-refractivity contribution in [3.05, 3.63) is 70.3 Å². The highest BCUT2D eigenvalue weighted by atomic mass is 32.2. The Morgan fingerprint density at radius 2 is 1.70 bits per heavy atom. The third-order valence-electron chi connectivity index (χ3n) is 4.70. The van der Waals surface area contributed by atoms with E-state index in [1.807, 2.05) is 0 Å². The number of amides is 1. The first kappa shape index (κ1) is 21.3. The molecule has 1 amide bonds. The van der Waals surface area contributed by atoms with Crippen LogP contribution < -0.4 is 9.47 Å². The summed E-state index contributed by atoms with van der Waals surface area (Å²) in [6, 6.07) is 8.98. The summed E-state index contributed by atoms with van der Waals surface area (Å²) >= 11 is 0. The predicted molar refractivity (Wildman–Crippen MR) is 108 cm³/mol. The Kier molecular flexibility index (Phi) is 6.06. The molecule has 0 aliphatic carbocycles. The van der Waals surface area contributed by atoms with E-state index in [0.717, 1.165) is 34.1 Å². The highest BCUT2D eigenvalue weighted by molar-refractivity contribution is 7.89. The molecule has 1 aliphatic heterocycles. The minimum atomic E-state index is -4.21. The van der Waals surface area contributed by atoms with Crippen molar-refractivity contribution in [2.45, 2.75) is 23.8 Å². The van der Waals surface area contributed by atoms with Crippen LogP contribution in [0.5, 0.6) is 11.5 Å². The molecule has 1 unspecified atom stereocenters. The van der Waals surface area contributed by atoms with Crippen molar-refractivity contribution in [2.24, 2.45) is 0 Å². The number of ether oxygens (including phenoxy) is 2. The number of nitro benzene ring substituents is 1. The van der Waals surface area contributed by atoms with Crippen LogP contribution in [0.15, 0.2) is 59.5 Å². The Morgan fingerprint density at radius 3 is 2.23 bits per heavy atom. The molecule has 0 fully saturated rings. The zero-order chi connectivity index (χ0) is 21.9. The van der Waals surface area contributed by atoms with E-state index in [9.17, 15) is 23.3 Å². The number of hydrogen-bond donors (Lipinski definition) is 0. The van der Waals surface area contributed by atoms with Gasteiger partial charge in [-0.3, -0.25) is 14.9 Å². The van der Waals surface area contributed by atoms with Crippen molar-refractivity contribution in [1.29, 1.82) is 0 Å². The van der Waals surface area contributed by atoms with E-state index in [-0.39, 0.29) is 17.0 Å². The van der Waals surface area contributed by atoms with Gasteiger partial charge in [-0.25, -0.2) is 12.7 Å². The standard InChI is InChI=1S/C20H20N2O7S/c1-28-17-11-14(12-18(13-17)29-2)10-16-4-3-5-20(23)21(16)30(26,27)19-8-6-15(7-9-19)22(24)25/h3,5-9,11-13,16H,4,10H2,1-2H3. The van der Waals surface area contributed by atoms with E-state index in [2.05, 4.69) is 0 Å². The van der Waals surface area contributed by atoms with Crippen molar-refractivity contribution < 1.29 is 27.6 Å². The highest BCUT2D eigenvalue weighted by Crippen LogP contribution is 2.29. The fourth-order valence-corrected chi connectivity index (χ4v) is 4.82. The number of methoxy groups -OCH3 is 2. The fraction of sp³-hybridized carbons (Fsp3) is 0.250. The molecule has 1 atom stereocenters. The quantitative estimate of drug-likeness (QED) is 0.488. The molecular weight excluding hydrogens is 412 g/mol. The van der Waals surface area contributed by atoms with Crippen LogP contribution in [0.1, 0.15) is 12.0 Å². The maximum absolute atomic E-state index is 13.2. The van der Waals surface area contributed by atoms with Gasteiger partial charge in [0.15, 0.2) is 0 Å². The van der Waals surface area contributed by atoms with E-state index >= 15 is 0 Å². The smallest absolute Gasteiger partial charge is 0.269 e. The van der Waals surface area contributed by atoms with Gasteiger partial charge in [0.25, 0.3) is 21.6 Å². The summed E-state index contributed by atoms with van der Waals surface area (Å²) in [4.78, 5) is 22.6. The summed E-state index contributed by atoms with van der Waals surface area (Å²) in [6.45, 7) is 0. The molecule has 0 radical (unpaired) electrons. The normalized spacial score (nSPS) is 16.4. The van der Waals surface area contributed by atoms with Crippen molar-refractivity contribution >= 4 is 21.6 Å². The summed E-state index contributed by atoms with van der Waals surface area (Å²) < 4.78 is 37.7. The molecule has 2 aromatic rings. The lowest BCUT2D eigenvalue weighted by molar-refractivity contribution is -0.384. The topological polar surface area (TPSA) is 116 Å². The van der Waals surface area contributed by atoms with Crippen LogP contribution in [0.3, 0.4) is 0 Å². The molecule has 0 bridgehead atoms. The molecule has 30 heavy (non-hydrogen) atoms. The Hall–Kier alpha value is -3.40. The molecule has 2 aromatic carbocycles. The lowest BCUT2D eigenvalue weighted by atomic mass is 10.0. The minimum absolute atomic E-state index is 0.190. The monoisotopic (exact) mass is 432 g/mol. The molecular formula is C20H20N2O7S. The van der Waals surface area contributed by atoms with Crippen LogP contribution in [-0.4, -0.2) is 43.8 Å². The predicted octanol–water partition coefficient (Wildman–Crippen LogP) is 2.70. The number of carbonyl (C=O) groups is 1. The number of nitrogens with zero attached hydrogens (tertiary/aromatic N) is 2. The van der Waals surface area contributed by atoms with E-state index in [1.165, 1.54) is 20.3 Å². The van der Waals surface area contributed by atoms with Crippen molar-refractivity contribution in [3.63, 3.8) is 0 Å². The molecule has 9 nitrogen and oxygen atoms in total. The molecule has 0 aromatic heterocycles. The number of non-ortho nitro benzene ring substituents is 1.